The van der Waals surface area contributed by atoms with E-state index in [1.807, 2.05) is 0 Å². The molecule has 0 aliphatic carbocycles. The third kappa shape index (κ3) is 1.43. The lowest BCUT2D eigenvalue weighted by Gasteiger charge is -2.25. The molecule has 1 heterocycles. The molecule has 1 unspecified atom stereocenters. The summed E-state index contributed by atoms with van der Waals surface area (Å²) < 4.78 is 31.2. The Labute approximate surface area is 84.9 Å². The third-order valence-electron chi connectivity index (χ3n) is 1.93. The summed E-state index contributed by atoms with van der Waals surface area (Å²) in [5.41, 5.74) is 0.241. The lowest BCUT2D eigenvalue weighted by atomic mass is 10.2. The smallest absolute Gasteiger partial charge is 0.179 e. The fraction of sp³-hybridized carbons (Fsp3) is 0.222. The molecule has 0 aromatic heterocycles. The van der Waals surface area contributed by atoms with Crippen molar-refractivity contribution in [2.45, 2.75) is 13.0 Å². The van der Waals surface area contributed by atoms with Crippen LogP contribution in [-0.2, 0) is 0 Å². The molecule has 74 valence electrons. The van der Waals surface area contributed by atoms with Gasteiger partial charge in [-0.05, 0) is 6.92 Å². The van der Waals surface area contributed by atoms with E-state index in [0.717, 1.165) is 12.1 Å². The predicted molar refractivity (Wildman–Crippen MR) is 52.7 cm³/mol. The zero-order chi connectivity index (χ0) is 10.3. The maximum absolute atomic E-state index is 13.2. The van der Waals surface area contributed by atoms with E-state index in [9.17, 15) is 8.78 Å². The Hall–Kier alpha value is -1.23. The van der Waals surface area contributed by atoms with Crippen LogP contribution in [0.5, 0.6) is 5.75 Å². The molecule has 0 amide bonds. The molecular weight excluding hydrogens is 208 g/mol. The number of rotatable bonds is 0. The van der Waals surface area contributed by atoms with Gasteiger partial charge in [-0.1, -0.05) is 12.2 Å². The molecule has 2 rings (SSSR count). The molecule has 1 aliphatic rings. The van der Waals surface area contributed by atoms with Gasteiger partial charge in [0, 0.05) is 12.1 Å². The minimum atomic E-state index is -0.721. The predicted octanol–water partition coefficient (Wildman–Crippen LogP) is 2.49. The van der Waals surface area contributed by atoms with Crippen molar-refractivity contribution in [2.24, 2.45) is 0 Å². The molecule has 0 bridgehead atoms. The van der Waals surface area contributed by atoms with Gasteiger partial charge in [-0.15, -0.1) is 0 Å². The zero-order valence-corrected chi connectivity index (χ0v) is 8.12. The molecular formula is C9H7F2NOS. The van der Waals surface area contributed by atoms with Crippen molar-refractivity contribution in [1.82, 2.24) is 0 Å². The van der Waals surface area contributed by atoms with Gasteiger partial charge in [-0.2, -0.15) is 0 Å². The number of nitrogens with one attached hydrogen (secondary N) is 1. The third-order valence-corrected chi connectivity index (χ3v) is 2.36. The highest BCUT2D eigenvalue weighted by Gasteiger charge is 2.24. The number of fused-ring (bicyclic) bond motifs is 1. The van der Waals surface area contributed by atoms with Crippen molar-refractivity contribution in [3.63, 3.8) is 0 Å². The maximum atomic E-state index is 13.2. The molecule has 1 aliphatic heterocycles. The van der Waals surface area contributed by atoms with Gasteiger partial charge in [-0.25, -0.2) is 8.78 Å². The Balaban J connectivity index is 2.51. The molecule has 1 atom stereocenters. The van der Waals surface area contributed by atoms with Crippen molar-refractivity contribution in [3.05, 3.63) is 23.8 Å². The fourth-order valence-corrected chi connectivity index (χ4v) is 1.40. The average molecular weight is 215 g/mol. The largest absolute Gasteiger partial charge is 0.478 e. The summed E-state index contributed by atoms with van der Waals surface area (Å²) >= 11 is 4.91. The average Bonchev–Trinajstić information content (AvgIpc) is 2.08. The standard InChI is InChI=1S/C9H7F2NOS/c1-4-9(14)12-7-3-5(10)2-6(11)8(7)13-4/h2-4H,1H3,(H,12,14). The second-order valence-electron chi connectivity index (χ2n) is 3.01. The monoisotopic (exact) mass is 215 g/mol. The molecule has 1 aromatic rings. The topological polar surface area (TPSA) is 21.3 Å². The van der Waals surface area contributed by atoms with Gasteiger partial charge in [0.2, 0.25) is 0 Å². The number of ether oxygens (including phenoxy) is 1. The van der Waals surface area contributed by atoms with Crippen LogP contribution in [0.2, 0.25) is 0 Å². The van der Waals surface area contributed by atoms with Gasteiger partial charge < -0.3 is 10.1 Å². The first-order chi connectivity index (χ1) is 6.58. The molecule has 0 saturated heterocycles. The summed E-state index contributed by atoms with van der Waals surface area (Å²) in [6.45, 7) is 1.70. The number of thiocarbonyl (C=S) groups is 1. The van der Waals surface area contributed by atoms with E-state index in [4.69, 9.17) is 17.0 Å². The number of hydrogen-bond donors (Lipinski definition) is 1. The van der Waals surface area contributed by atoms with Crippen LogP contribution >= 0.6 is 12.2 Å². The lowest BCUT2D eigenvalue weighted by Crippen LogP contribution is -2.33. The number of halogens is 2. The van der Waals surface area contributed by atoms with E-state index in [2.05, 4.69) is 5.32 Å². The van der Waals surface area contributed by atoms with Crippen molar-refractivity contribution < 1.29 is 13.5 Å². The first-order valence-corrected chi connectivity index (χ1v) is 4.45. The number of anilines is 1. The van der Waals surface area contributed by atoms with Crippen LogP contribution < -0.4 is 10.1 Å². The summed E-state index contributed by atoms with van der Waals surface area (Å²) in [4.78, 5) is 0.419. The minimum absolute atomic E-state index is 0.0208. The van der Waals surface area contributed by atoms with Crippen LogP contribution in [-0.4, -0.2) is 11.1 Å². The number of hydrogen-bond acceptors (Lipinski definition) is 2. The molecule has 0 saturated carbocycles. The maximum Gasteiger partial charge on any atom is 0.179 e. The van der Waals surface area contributed by atoms with Gasteiger partial charge in [0.05, 0.1) is 5.69 Å². The minimum Gasteiger partial charge on any atom is -0.478 e. The van der Waals surface area contributed by atoms with Crippen LogP contribution in [0.15, 0.2) is 12.1 Å². The summed E-state index contributed by atoms with van der Waals surface area (Å²) in [6.07, 6.45) is -0.391. The number of benzene rings is 1. The first-order valence-electron chi connectivity index (χ1n) is 4.04. The van der Waals surface area contributed by atoms with E-state index < -0.39 is 17.7 Å². The summed E-state index contributed by atoms with van der Waals surface area (Å²) in [7, 11) is 0. The van der Waals surface area contributed by atoms with E-state index in [1.165, 1.54) is 0 Å². The van der Waals surface area contributed by atoms with Crippen LogP contribution in [0.4, 0.5) is 14.5 Å². The molecule has 5 heteroatoms. The SMILES string of the molecule is CC1Oc2c(F)cc(F)cc2NC1=S. The molecule has 14 heavy (non-hydrogen) atoms. The van der Waals surface area contributed by atoms with E-state index in [1.54, 1.807) is 6.92 Å². The van der Waals surface area contributed by atoms with Crippen LogP contribution in [0.25, 0.3) is 0 Å². The quantitative estimate of drug-likeness (QED) is 0.672. The highest BCUT2D eigenvalue weighted by atomic mass is 32.1. The summed E-state index contributed by atoms with van der Waals surface area (Å²) in [5.74, 6) is -1.36. The molecule has 0 radical (unpaired) electrons. The van der Waals surface area contributed by atoms with Crippen LogP contribution in [0.3, 0.4) is 0 Å². The molecule has 0 spiro atoms. The van der Waals surface area contributed by atoms with Gasteiger partial charge in [0.1, 0.15) is 16.9 Å². The zero-order valence-electron chi connectivity index (χ0n) is 7.30. The van der Waals surface area contributed by atoms with Crippen LogP contribution in [0, 0.1) is 11.6 Å². The Kier molecular flexibility index (Phi) is 2.11. The second kappa shape index (κ2) is 3.16. The van der Waals surface area contributed by atoms with Gasteiger partial charge in [0.25, 0.3) is 0 Å². The Bertz CT molecular complexity index is 408. The Morgan fingerprint density at radius 2 is 2.14 bits per heavy atom. The van der Waals surface area contributed by atoms with Gasteiger partial charge >= 0.3 is 0 Å². The Morgan fingerprint density at radius 3 is 2.86 bits per heavy atom. The van der Waals surface area contributed by atoms with E-state index >= 15 is 0 Å². The second-order valence-corrected chi connectivity index (χ2v) is 3.45. The van der Waals surface area contributed by atoms with Crippen molar-refractivity contribution in [3.8, 4) is 5.75 Å². The first kappa shape index (κ1) is 9.33. The highest BCUT2D eigenvalue weighted by molar-refractivity contribution is 7.80. The van der Waals surface area contributed by atoms with Crippen molar-refractivity contribution in [1.29, 1.82) is 0 Å². The van der Waals surface area contributed by atoms with Crippen molar-refractivity contribution in [2.75, 3.05) is 5.32 Å². The molecule has 1 N–H and O–H groups in total. The molecule has 1 aromatic carbocycles. The normalized spacial score (nSPS) is 19.6. The molecule has 2 nitrogen and oxygen atoms in total. The summed E-state index contributed by atoms with van der Waals surface area (Å²) in [6, 6.07) is 1.93. The fourth-order valence-electron chi connectivity index (χ4n) is 1.24. The van der Waals surface area contributed by atoms with E-state index in [0.29, 0.717) is 4.99 Å². The van der Waals surface area contributed by atoms with Crippen molar-refractivity contribution >= 4 is 22.9 Å². The van der Waals surface area contributed by atoms with Crippen LogP contribution in [0.1, 0.15) is 6.92 Å². The molecule has 0 fully saturated rings. The summed E-state index contributed by atoms with van der Waals surface area (Å²) in [5, 5.41) is 2.72. The Morgan fingerprint density at radius 1 is 1.43 bits per heavy atom. The highest BCUT2D eigenvalue weighted by Crippen LogP contribution is 2.33. The van der Waals surface area contributed by atoms with E-state index in [-0.39, 0.29) is 11.4 Å². The lowest BCUT2D eigenvalue weighted by molar-refractivity contribution is 0.270. The van der Waals surface area contributed by atoms with Gasteiger partial charge in [-0.3, -0.25) is 0 Å². The van der Waals surface area contributed by atoms with Gasteiger partial charge in [0.15, 0.2) is 11.6 Å².